The highest BCUT2D eigenvalue weighted by molar-refractivity contribution is 5.85. The molecule has 0 aliphatic heterocycles. The predicted molar refractivity (Wildman–Crippen MR) is 76.7 cm³/mol. The van der Waals surface area contributed by atoms with Crippen LogP contribution in [0.1, 0.15) is 33.1 Å². The molecule has 7 nitrogen and oxygen atoms in total. The molecule has 0 aromatic heterocycles. The van der Waals surface area contributed by atoms with Gasteiger partial charge >= 0.3 is 11.7 Å². The van der Waals surface area contributed by atoms with Crippen molar-refractivity contribution in [3.63, 3.8) is 0 Å². The van der Waals surface area contributed by atoms with Crippen molar-refractivity contribution in [2.75, 3.05) is 5.32 Å². The summed E-state index contributed by atoms with van der Waals surface area (Å²) in [5.41, 5.74) is -1.15. The lowest BCUT2D eigenvalue weighted by Gasteiger charge is -2.38. The normalized spacial score (nSPS) is 16.1. The highest BCUT2D eigenvalue weighted by atomic mass is 16.6. The Balaban J connectivity index is 2.39. The van der Waals surface area contributed by atoms with Gasteiger partial charge in [0.15, 0.2) is 5.75 Å². The van der Waals surface area contributed by atoms with Gasteiger partial charge in [-0.1, -0.05) is 6.07 Å². The van der Waals surface area contributed by atoms with Gasteiger partial charge in [-0.2, -0.15) is 0 Å². The Morgan fingerprint density at radius 3 is 2.57 bits per heavy atom. The molecule has 0 unspecified atom stereocenters. The summed E-state index contributed by atoms with van der Waals surface area (Å²) in [6, 6.07) is 4.63. The smallest absolute Gasteiger partial charge is 0.333 e. The number of nitro benzene ring substituents is 1. The van der Waals surface area contributed by atoms with Crippen LogP contribution in [0.4, 0.5) is 11.4 Å². The molecule has 0 saturated heterocycles. The topological polar surface area (TPSA) is 102 Å². The van der Waals surface area contributed by atoms with E-state index in [0.29, 0.717) is 12.8 Å². The van der Waals surface area contributed by atoms with Crippen LogP contribution in [-0.4, -0.2) is 27.6 Å². The minimum Gasteiger partial charge on any atom is -0.484 e. The second-order valence-corrected chi connectivity index (χ2v) is 5.44. The van der Waals surface area contributed by atoms with E-state index in [1.807, 2.05) is 0 Å². The van der Waals surface area contributed by atoms with E-state index in [1.165, 1.54) is 12.1 Å². The number of aliphatic carboxylic acids is 1. The minimum atomic E-state index is -1.11. The number of nitro groups is 1. The van der Waals surface area contributed by atoms with Crippen LogP contribution in [0.3, 0.4) is 0 Å². The highest BCUT2D eigenvalue weighted by Crippen LogP contribution is 2.41. The number of hydrogen-bond donors (Lipinski definition) is 2. The maximum atomic E-state index is 11.4. The molecule has 0 radical (unpaired) electrons. The molecular formula is C14H18N2O5. The molecule has 2 N–H and O–H groups in total. The first-order valence-electron chi connectivity index (χ1n) is 6.81. The molecule has 1 aliphatic rings. The Morgan fingerprint density at radius 1 is 1.48 bits per heavy atom. The molecule has 114 valence electrons. The number of anilines is 1. The Labute approximate surface area is 122 Å². The first-order chi connectivity index (χ1) is 9.85. The van der Waals surface area contributed by atoms with Crippen LogP contribution in [0.5, 0.6) is 5.75 Å². The third-order valence-electron chi connectivity index (χ3n) is 3.53. The van der Waals surface area contributed by atoms with Crippen molar-refractivity contribution >= 4 is 17.3 Å². The van der Waals surface area contributed by atoms with Gasteiger partial charge in [-0.25, -0.2) is 4.79 Å². The van der Waals surface area contributed by atoms with Crippen molar-refractivity contribution in [2.45, 2.75) is 44.8 Å². The lowest BCUT2D eigenvalue weighted by atomic mass is 9.76. The van der Waals surface area contributed by atoms with Gasteiger partial charge in [0.25, 0.3) is 0 Å². The van der Waals surface area contributed by atoms with Gasteiger partial charge < -0.3 is 15.2 Å². The van der Waals surface area contributed by atoms with Crippen molar-refractivity contribution in [1.29, 1.82) is 0 Å². The molecule has 1 aliphatic carbocycles. The summed E-state index contributed by atoms with van der Waals surface area (Å²) in [6.07, 6.45) is 1.48. The van der Waals surface area contributed by atoms with Crippen LogP contribution in [-0.2, 0) is 4.79 Å². The molecule has 0 bridgehead atoms. The molecular weight excluding hydrogens is 276 g/mol. The van der Waals surface area contributed by atoms with Crippen LogP contribution in [0.15, 0.2) is 18.2 Å². The summed E-state index contributed by atoms with van der Waals surface area (Å²) in [4.78, 5) is 22.2. The van der Waals surface area contributed by atoms with Crippen molar-refractivity contribution < 1.29 is 19.6 Å². The molecule has 1 saturated carbocycles. The molecule has 1 fully saturated rings. The van der Waals surface area contributed by atoms with Crippen molar-refractivity contribution in [3.8, 4) is 5.75 Å². The molecule has 0 atom stereocenters. The quantitative estimate of drug-likeness (QED) is 0.618. The largest absolute Gasteiger partial charge is 0.484 e. The molecule has 2 rings (SSSR count). The summed E-state index contributed by atoms with van der Waals surface area (Å²) < 4.78 is 5.44. The van der Waals surface area contributed by atoms with Crippen molar-refractivity contribution in [2.24, 2.45) is 0 Å². The number of carbonyl (C=O) groups is 1. The fraction of sp³-hybridized carbons (Fsp3) is 0.500. The van der Waals surface area contributed by atoms with E-state index in [4.69, 9.17) is 4.74 Å². The monoisotopic (exact) mass is 294 g/mol. The van der Waals surface area contributed by atoms with Crippen molar-refractivity contribution in [1.82, 2.24) is 0 Å². The van der Waals surface area contributed by atoms with Gasteiger partial charge in [-0.15, -0.1) is 0 Å². The minimum absolute atomic E-state index is 0.139. The standard InChI is InChI=1S/C14H18N2O5/c1-9(2)21-11-6-3-5-10(12(11)16(19)20)15-14(13(17)18)7-4-8-14/h3,5-6,9,15H,4,7-8H2,1-2H3,(H,17,18). The molecule has 0 spiro atoms. The van der Waals surface area contributed by atoms with Crippen LogP contribution in [0.2, 0.25) is 0 Å². The number of nitrogens with one attached hydrogen (secondary N) is 1. The van der Waals surface area contributed by atoms with Crippen LogP contribution in [0.25, 0.3) is 0 Å². The van der Waals surface area contributed by atoms with Gasteiger partial charge in [0.05, 0.1) is 11.0 Å². The van der Waals surface area contributed by atoms with Gasteiger partial charge in [-0.05, 0) is 45.2 Å². The number of rotatable bonds is 6. The molecule has 0 amide bonds. The third kappa shape index (κ3) is 2.91. The Morgan fingerprint density at radius 2 is 2.14 bits per heavy atom. The van der Waals surface area contributed by atoms with E-state index < -0.39 is 16.4 Å². The van der Waals surface area contributed by atoms with E-state index in [-0.39, 0.29) is 23.2 Å². The van der Waals surface area contributed by atoms with E-state index in [9.17, 15) is 20.0 Å². The summed E-state index contributed by atoms with van der Waals surface area (Å²) in [5, 5.41) is 23.5. The second kappa shape index (κ2) is 5.59. The number of nitrogens with zero attached hydrogens (tertiary/aromatic N) is 1. The predicted octanol–water partition coefficient (Wildman–Crippen LogP) is 2.80. The fourth-order valence-corrected chi connectivity index (χ4v) is 2.34. The van der Waals surface area contributed by atoms with Gasteiger partial charge in [0.1, 0.15) is 11.2 Å². The highest BCUT2D eigenvalue weighted by Gasteiger charge is 2.45. The average molecular weight is 294 g/mol. The zero-order valence-electron chi connectivity index (χ0n) is 12.0. The first-order valence-corrected chi connectivity index (χ1v) is 6.81. The van der Waals surface area contributed by atoms with Gasteiger partial charge in [0.2, 0.25) is 0 Å². The van der Waals surface area contributed by atoms with E-state index in [1.54, 1.807) is 19.9 Å². The molecule has 1 aromatic rings. The second-order valence-electron chi connectivity index (χ2n) is 5.44. The Kier molecular flexibility index (Phi) is 4.02. The first kappa shape index (κ1) is 15.1. The summed E-state index contributed by atoms with van der Waals surface area (Å²) in [6.45, 7) is 3.54. The number of carboxylic acid groups (broad SMARTS) is 1. The van der Waals surface area contributed by atoms with Crippen LogP contribution >= 0.6 is 0 Å². The molecule has 1 aromatic carbocycles. The molecule has 21 heavy (non-hydrogen) atoms. The maximum Gasteiger partial charge on any atom is 0.333 e. The summed E-state index contributed by atoms with van der Waals surface area (Å²) in [7, 11) is 0. The summed E-state index contributed by atoms with van der Waals surface area (Å²) >= 11 is 0. The SMILES string of the molecule is CC(C)Oc1cccc(NC2(C(=O)O)CCC2)c1[N+](=O)[O-]. The zero-order valence-corrected chi connectivity index (χ0v) is 12.0. The molecule has 0 heterocycles. The van der Waals surface area contributed by atoms with Crippen molar-refractivity contribution in [3.05, 3.63) is 28.3 Å². The number of para-hydroxylation sites is 1. The number of benzene rings is 1. The number of carboxylic acids is 1. The van der Waals surface area contributed by atoms with Crippen LogP contribution in [0, 0.1) is 10.1 Å². The maximum absolute atomic E-state index is 11.4. The molecule has 7 heteroatoms. The lowest BCUT2D eigenvalue weighted by Crippen LogP contribution is -2.52. The summed E-state index contributed by atoms with van der Waals surface area (Å²) in [5.74, 6) is -0.849. The zero-order chi connectivity index (χ0) is 15.6. The third-order valence-corrected chi connectivity index (χ3v) is 3.53. The fourth-order valence-electron chi connectivity index (χ4n) is 2.34. The average Bonchev–Trinajstić information content (AvgIpc) is 2.32. The Bertz CT molecular complexity index is 566. The van der Waals surface area contributed by atoms with E-state index >= 15 is 0 Å². The number of ether oxygens (including phenoxy) is 1. The lowest BCUT2D eigenvalue weighted by molar-refractivity contribution is -0.385. The van der Waals surface area contributed by atoms with Gasteiger partial charge in [0, 0.05) is 0 Å². The van der Waals surface area contributed by atoms with E-state index in [2.05, 4.69) is 5.32 Å². The Hall–Kier alpha value is -2.31. The van der Waals surface area contributed by atoms with E-state index in [0.717, 1.165) is 6.42 Å². The number of hydrogen-bond acceptors (Lipinski definition) is 5. The van der Waals surface area contributed by atoms with Gasteiger partial charge in [-0.3, -0.25) is 10.1 Å². The van der Waals surface area contributed by atoms with Crippen LogP contribution < -0.4 is 10.1 Å².